The first-order valence-electron chi connectivity index (χ1n) is 12.8. The van der Waals surface area contributed by atoms with Gasteiger partial charge in [-0.15, -0.1) is 0 Å². The summed E-state index contributed by atoms with van der Waals surface area (Å²) in [6.45, 7) is 18.1. The van der Waals surface area contributed by atoms with E-state index in [0.29, 0.717) is 22.6 Å². The van der Waals surface area contributed by atoms with Gasteiger partial charge >= 0.3 is 7.25 Å². The zero-order chi connectivity index (χ0) is 28.4. The van der Waals surface area contributed by atoms with Crippen molar-refractivity contribution in [3.05, 3.63) is 87.0 Å². The van der Waals surface area contributed by atoms with Gasteiger partial charge in [-0.05, 0) is 48.3 Å². The van der Waals surface area contributed by atoms with Crippen LogP contribution in [0.2, 0.25) is 0 Å². The van der Waals surface area contributed by atoms with Crippen LogP contribution in [0.5, 0.6) is 0 Å². The Morgan fingerprint density at radius 3 is 0.872 bits per heavy atom. The number of allylic oxidation sites excluding steroid dienone is 4. The second kappa shape index (κ2) is 25.7. The molecule has 39 heavy (non-hydrogen) atoms. The topological polar surface area (TPSA) is 0 Å². The molecule has 3 aliphatic carbocycles. The molecule has 0 nitrogen and oxygen atoms in total. The molecule has 0 bridgehead atoms. The summed E-state index contributed by atoms with van der Waals surface area (Å²) < 4.78 is 39.0. The van der Waals surface area contributed by atoms with Crippen molar-refractivity contribution < 1.29 is 53.8 Å². The van der Waals surface area contributed by atoms with Crippen LogP contribution in [0.25, 0.3) is 0 Å². The van der Waals surface area contributed by atoms with Crippen LogP contribution in [0.1, 0.15) is 81.1 Å². The van der Waals surface area contributed by atoms with E-state index in [0.717, 1.165) is 0 Å². The first-order chi connectivity index (χ1) is 17.3. The summed E-state index contributed by atoms with van der Waals surface area (Å²) in [7, 11) is -6.22. The van der Waals surface area contributed by atoms with Crippen molar-refractivity contribution in [1.29, 1.82) is 0 Å². The second-order valence-electron chi connectivity index (χ2n) is 9.48. The van der Waals surface area contributed by atoms with Crippen LogP contribution in [-0.2, 0) is 36.5 Å². The summed E-state index contributed by atoms with van der Waals surface area (Å²) in [5.74, 6) is 0. The first-order valence-corrected chi connectivity index (χ1v) is 15.7. The minimum Gasteiger partial charge on any atom is -0.418 e. The molecule has 19 radical (unpaired) electrons. The Balaban J connectivity index is -0.000000455. The van der Waals surface area contributed by atoms with Crippen molar-refractivity contribution in [2.45, 2.75) is 104 Å². The van der Waals surface area contributed by atoms with Gasteiger partial charge in [0.05, 0.1) is 0 Å². The average Bonchev–Trinajstić information content (AvgIpc) is 3.41. The van der Waals surface area contributed by atoms with Crippen LogP contribution < -0.4 is 0 Å². The fourth-order valence-electron chi connectivity index (χ4n) is 3.76. The van der Waals surface area contributed by atoms with Crippen molar-refractivity contribution in [3.8, 4) is 0 Å². The van der Waals surface area contributed by atoms with Gasteiger partial charge in [-0.25, -0.2) is 0 Å². The van der Waals surface area contributed by atoms with Gasteiger partial charge in [0, 0.05) is 99.2 Å². The Morgan fingerprint density at radius 1 is 0.538 bits per heavy atom. The summed E-state index contributed by atoms with van der Waals surface area (Å²) in [4.78, 5) is 0. The van der Waals surface area contributed by atoms with E-state index in [2.05, 4.69) is 131 Å². The summed E-state index contributed by atoms with van der Waals surface area (Å²) in [6, 6.07) is 0. The van der Waals surface area contributed by atoms with Gasteiger partial charge in [-0.1, -0.05) is 95.5 Å². The van der Waals surface area contributed by atoms with E-state index in [-0.39, 0.29) is 52.4 Å². The molecular weight excluding hydrogens is 668 g/mol. The van der Waals surface area contributed by atoms with Crippen LogP contribution in [0, 0.1) is 62.7 Å². The minimum atomic E-state index is -6.00. The standard InChI is InChI=1S/2C11H14P.C8H12.BF4.Fe.Rh/c2*1-9(2)12(10(3)4)11-7-5-6-8-11;1-2-4-6-8-7-5-3-1;2-1(3,4)5;;/h2*9-10H,1-4H3;1-2,7-8H,3-6H2;;;/q;;;-1;;/b;;2-1-,8-7-;;;. The van der Waals surface area contributed by atoms with Gasteiger partial charge in [0.2, 0.25) is 0 Å². The number of hydrogen-bond donors (Lipinski definition) is 0. The molecule has 0 saturated heterocycles. The molecule has 0 aromatic carbocycles. The molecule has 3 aliphatic rings. The predicted molar refractivity (Wildman–Crippen MR) is 154 cm³/mol. The predicted octanol–water partition coefficient (Wildman–Crippen LogP) is 10.3. The van der Waals surface area contributed by atoms with Crippen LogP contribution in [0.3, 0.4) is 0 Å². The van der Waals surface area contributed by atoms with Gasteiger partial charge in [0.15, 0.2) is 0 Å². The molecule has 0 aliphatic heterocycles. The number of rotatable bonds is 6. The normalized spacial score (nSPS) is 19.7. The smallest absolute Gasteiger partial charge is 0.418 e. The number of halogens is 4. The number of hydrogen-bond acceptors (Lipinski definition) is 0. The van der Waals surface area contributed by atoms with E-state index in [1.807, 2.05) is 0 Å². The summed E-state index contributed by atoms with van der Waals surface area (Å²) in [6.07, 6.45) is 37.7. The molecule has 0 heterocycles. The maximum Gasteiger partial charge on any atom is 0.673 e. The van der Waals surface area contributed by atoms with Crippen LogP contribution in [0.4, 0.5) is 17.3 Å². The van der Waals surface area contributed by atoms with E-state index in [4.69, 9.17) is 0 Å². The quantitative estimate of drug-likeness (QED) is 0.112. The van der Waals surface area contributed by atoms with Crippen molar-refractivity contribution in [2.24, 2.45) is 0 Å². The van der Waals surface area contributed by atoms with Crippen LogP contribution in [0.15, 0.2) is 24.3 Å². The maximum atomic E-state index is 9.75. The zero-order valence-electron chi connectivity index (χ0n) is 24.1. The molecule has 0 aromatic rings. The SMILES string of the molecule is C1=C\CC/C=C\CC/1.CC(C)P([C]1[C][C][C][C]1)C(C)C.CC(C)P([C]1[C][C][C][C]1)C(C)C.F[B-](F)(F)F.[Fe].[Rh]. The molecular formula is C30H40BF4FeP2Rh-. The molecule has 2 saturated carbocycles. The van der Waals surface area contributed by atoms with E-state index in [1.165, 1.54) is 37.0 Å². The fourth-order valence-corrected chi connectivity index (χ4v) is 8.95. The summed E-state index contributed by atoms with van der Waals surface area (Å²) in [5, 5.41) is 0. The Hall–Kier alpha value is 1.27. The van der Waals surface area contributed by atoms with E-state index >= 15 is 0 Å². The Labute approximate surface area is 266 Å². The Bertz CT molecular complexity index is 524. The third-order valence-electron chi connectivity index (χ3n) is 4.92. The first kappa shape index (κ1) is 44.7. The van der Waals surface area contributed by atoms with Crippen LogP contribution >= 0.6 is 15.8 Å². The molecule has 0 amide bonds. The van der Waals surface area contributed by atoms with Gasteiger partial charge < -0.3 is 17.3 Å². The average molecular weight is 708 g/mol. The largest absolute Gasteiger partial charge is 0.673 e. The van der Waals surface area contributed by atoms with E-state index in [1.54, 1.807) is 0 Å². The van der Waals surface area contributed by atoms with Gasteiger partial charge in [-0.3, -0.25) is 0 Å². The molecule has 0 aromatic heterocycles. The monoisotopic (exact) mass is 708 g/mol. The third-order valence-corrected chi connectivity index (χ3v) is 10.9. The summed E-state index contributed by atoms with van der Waals surface area (Å²) >= 11 is 0. The minimum absolute atomic E-state index is 0. The molecule has 0 atom stereocenters. The van der Waals surface area contributed by atoms with E-state index in [9.17, 15) is 17.3 Å². The maximum absolute atomic E-state index is 9.75. The molecule has 0 unspecified atom stereocenters. The summed E-state index contributed by atoms with van der Waals surface area (Å²) in [5.41, 5.74) is 5.23. The Kier molecular flexibility index (Phi) is 29.5. The van der Waals surface area contributed by atoms with Gasteiger partial charge in [-0.2, -0.15) is 0 Å². The van der Waals surface area contributed by atoms with Crippen molar-refractivity contribution in [1.82, 2.24) is 0 Å². The molecule has 9 heteroatoms. The van der Waals surface area contributed by atoms with Crippen molar-refractivity contribution in [3.63, 3.8) is 0 Å². The van der Waals surface area contributed by atoms with Crippen molar-refractivity contribution >= 4 is 23.1 Å². The Morgan fingerprint density at radius 2 is 0.718 bits per heavy atom. The third kappa shape index (κ3) is 24.4. The van der Waals surface area contributed by atoms with Gasteiger partial charge in [0.25, 0.3) is 0 Å². The van der Waals surface area contributed by atoms with Crippen molar-refractivity contribution in [2.75, 3.05) is 0 Å². The zero-order valence-corrected chi connectivity index (χ0v) is 28.6. The fraction of sp³-hybridized carbons (Fsp3) is 0.533. The molecule has 0 N–H and O–H groups in total. The molecule has 219 valence electrons. The van der Waals surface area contributed by atoms with E-state index < -0.39 is 7.25 Å². The van der Waals surface area contributed by atoms with Gasteiger partial charge in [0.1, 0.15) is 0 Å². The molecule has 3 rings (SSSR count). The second-order valence-corrected chi connectivity index (χ2v) is 16.1. The molecule has 2 fully saturated rings. The van der Waals surface area contributed by atoms with Crippen LogP contribution in [-0.4, -0.2) is 29.9 Å². The molecule has 0 spiro atoms.